The van der Waals surface area contributed by atoms with Gasteiger partial charge in [0.05, 0.1) is 15.3 Å². The molecule has 21 heavy (non-hydrogen) atoms. The van der Waals surface area contributed by atoms with Crippen molar-refractivity contribution >= 4 is 40.6 Å². The molecule has 6 heteroatoms. The minimum atomic E-state index is 0.165. The molecule has 0 radical (unpaired) electrons. The van der Waals surface area contributed by atoms with Gasteiger partial charge in [0.1, 0.15) is 0 Å². The van der Waals surface area contributed by atoms with Gasteiger partial charge in [0.15, 0.2) is 0 Å². The van der Waals surface area contributed by atoms with E-state index in [-0.39, 0.29) is 5.91 Å². The van der Waals surface area contributed by atoms with Crippen LogP contribution in [-0.4, -0.2) is 59.4 Å². The number of carbonyl (C=O) groups excluding carboxylic acids is 1. The van der Waals surface area contributed by atoms with Crippen molar-refractivity contribution in [1.82, 2.24) is 9.80 Å². The molecule has 1 atom stereocenters. The highest BCUT2D eigenvalue weighted by atomic mass is 35.5. The first-order valence-electron chi connectivity index (χ1n) is 7.60. The van der Waals surface area contributed by atoms with Gasteiger partial charge in [-0.1, -0.05) is 11.6 Å². The van der Waals surface area contributed by atoms with Crippen molar-refractivity contribution in [1.29, 1.82) is 0 Å². The zero-order valence-electron chi connectivity index (χ0n) is 12.1. The van der Waals surface area contributed by atoms with Crippen LogP contribution < -0.4 is 0 Å². The van der Waals surface area contributed by atoms with Gasteiger partial charge in [-0.15, -0.1) is 11.3 Å². The van der Waals surface area contributed by atoms with Gasteiger partial charge in [0.2, 0.25) is 0 Å². The van der Waals surface area contributed by atoms with Crippen LogP contribution in [-0.2, 0) is 0 Å². The number of thioether (sulfide) groups is 1. The third-order valence-corrected chi connectivity index (χ3v) is 6.57. The molecule has 116 valence electrons. The quantitative estimate of drug-likeness (QED) is 0.839. The van der Waals surface area contributed by atoms with Crippen LogP contribution in [0, 0.1) is 0 Å². The van der Waals surface area contributed by atoms with E-state index in [1.165, 1.54) is 37.3 Å². The molecule has 0 aromatic carbocycles. The average Bonchev–Trinajstić information content (AvgIpc) is 3.07. The Hall–Kier alpha value is -0.230. The molecule has 0 N–H and O–H groups in total. The maximum Gasteiger partial charge on any atom is 0.264 e. The fraction of sp³-hybridized carbons (Fsp3) is 0.667. The third-order valence-electron chi connectivity index (χ3n) is 4.15. The molecular weight excluding hydrogens is 324 g/mol. The van der Waals surface area contributed by atoms with E-state index in [4.69, 9.17) is 11.6 Å². The van der Waals surface area contributed by atoms with Gasteiger partial charge in [-0.3, -0.25) is 4.79 Å². The van der Waals surface area contributed by atoms with Crippen LogP contribution in [0.2, 0.25) is 4.34 Å². The normalized spacial score (nSPS) is 24.2. The molecule has 1 unspecified atom stereocenters. The van der Waals surface area contributed by atoms with Crippen molar-refractivity contribution in [3.8, 4) is 0 Å². The van der Waals surface area contributed by atoms with Crippen LogP contribution in [0.5, 0.6) is 0 Å². The van der Waals surface area contributed by atoms with Gasteiger partial charge in [-0.05, 0) is 50.2 Å². The predicted molar refractivity (Wildman–Crippen MR) is 91.8 cm³/mol. The molecule has 0 bridgehead atoms. The number of amides is 1. The molecule has 1 aromatic heterocycles. The van der Waals surface area contributed by atoms with E-state index in [1.54, 1.807) is 0 Å². The molecule has 2 saturated heterocycles. The highest BCUT2D eigenvalue weighted by Crippen LogP contribution is 2.26. The zero-order chi connectivity index (χ0) is 14.7. The molecule has 2 aliphatic heterocycles. The smallest absolute Gasteiger partial charge is 0.264 e. The first-order chi connectivity index (χ1) is 10.2. The zero-order valence-corrected chi connectivity index (χ0v) is 14.5. The van der Waals surface area contributed by atoms with Crippen molar-refractivity contribution < 1.29 is 4.79 Å². The summed E-state index contributed by atoms with van der Waals surface area (Å²) in [4.78, 5) is 18.2. The summed E-state index contributed by atoms with van der Waals surface area (Å²) in [6, 6.07) is 4.02. The van der Waals surface area contributed by atoms with Gasteiger partial charge in [-0.2, -0.15) is 11.8 Å². The summed E-state index contributed by atoms with van der Waals surface area (Å²) in [7, 11) is 0. The number of thiophene rings is 1. The van der Waals surface area contributed by atoms with E-state index in [1.807, 2.05) is 23.9 Å². The number of likely N-dealkylation sites (tertiary alicyclic amines) is 1. The van der Waals surface area contributed by atoms with Crippen molar-refractivity contribution in [2.45, 2.75) is 25.3 Å². The SMILES string of the molecule is O=C(c1ccc(Cl)s1)N1CCCSCC1CN1CCCC1. The minimum absolute atomic E-state index is 0.165. The molecule has 1 amide bonds. The van der Waals surface area contributed by atoms with E-state index in [0.717, 1.165) is 35.9 Å². The van der Waals surface area contributed by atoms with Crippen molar-refractivity contribution in [3.63, 3.8) is 0 Å². The Balaban J connectivity index is 1.72. The average molecular weight is 345 g/mol. The number of rotatable bonds is 3. The lowest BCUT2D eigenvalue weighted by Crippen LogP contribution is -2.47. The lowest BCUT2D eigenvalue weighted by Gasteiger charge is -2.32. The van der Waals surface area contributed by atoms with Crippen LogP contribution in [0.15, 0.2) is 12.1 Å². The molecule has 1 aromatic rings. The molecule has 0 saturated carbocycles. The summed E-state index contributed by atoms with van der Waals surface area (Å²) in [5.41, 5.74) is 0. The Morgan fingerprint density at radius 3 is 2.76 bits per heavy atom. The van der Waals surface area contributed by atoms with E-state index < -0.39 is 0 Å². The lowest BCUT2D eigenvalue weighted by molar-refractivity contribution is 0.0671. The molecule has 3 heterocycles. The summed E-state index contributed by atoms with van der Waals surface area (Å²) in [6.45, 7) is 4.28. The van der Waals surface area contributed by atoms with Gasteiger partial charge in [0, 0.05) is 18.8 Å². The van der Waals surface area contributed by atoms with E-state index in [0.29, 0.717) is 10.4 Å². The monoisotopic (exact) mass is 344 g/mol. The second kappa shape index (κ2) is 7.36. The van der Waals surface area contributed by atoms with Crippen LogP contribution in [0.3, 0.4) is 0 Å². The fourth-order valence-electron chi connectivity index (χ4n) is 3.08. The maximum atomic E-state index is 12.8. The highest BCUT2D eigenvalue weighted by molar-refractivity contribution is 7.99. The summed E-state index contributed by atoms with van der Waals surface area (Å²) < 4.78 is 0.693. The Labute approximate surface area is 139 Å². The number of nitrogens with zero attached hydrogens (tertiary/aromatic N) is 2. The standard InChI is InChI=1S/C15H21ClN2OS2/c16-14-5-4-13(21-14)15(19)18-8-3-9-20-11-12(18)10-17-6-1-2-7-17/h4-5,12H,1-3,6-11H2. The van der Waals surface area contributed by atoms with Crippen LogP contribution >= 0.6 is 34.7 Å². The first-order valence-corrected chi connectivity index (χ1v) is 9.95. The van der Waals surface area contributed by atoms with Crippen molar-refractivity contribution in [2.24, 2.45) is 0 Å². The van der Waals surface area contributed by atoms with Crippen LogP contribution in [0.1, 0.15) is 28.9 Å². The van der Waals surface area contributed by atoms with Crippen LogP contribution in [0.25, 0.3) is 0 Å². The molecular formula is C15H21ClN2OS2. The Bertz CT molecular complexity index is 488. The van der Waals surface area contributed by atoms with Crippen molar-refractivity contribution in [3.05, 3.63) is 21.3 Å². The third kappa shape index (κ3) is 3.95. The topological polar surface area (TPSA) is 23.6 Å². The summed E-state index contributed by atoms with van der Waals surface area (Å²) in [6.07, 6.45) is 3.69. The first kappa shape index (κ1) is 15.7. The van der Waals surface area contributed by atoms with Crippen LogP contribution in [0.4, 0.5) is 0 Å². The summed E-state index contributed by atoms with van der Waals surface area (Å²) in [5.74, 6) is 2.38. The Morgan fingerprint density at radius 2 is 2.05 bits per heavy atom. The molecule has 0 spiro atoms. The number of hydrogen-bond acceptors (Lipinski definition) is 4. The van der Waals surface area contributed by atoms with E-state index in [2.05, 4.69) is 9.80 Å². The van der Waals surface area contributed by atoms with Gasteiger partial charge in [0.25, 0.3) is 5.91 Å². The van der Waals surface area contributed by atoms with E-state index in [9.17, 15) is 4.79 Å². The molecule has 2 fully saturated rings. The molecule has 3 nitrogen and oxygen atoms in total. The van der Waals surface area contributed by atoms with Crippen molar-refractivity contribution in [2.75, 3.05) is 37.7 Å². The van der Waals surface area contributed by atoms with Gasteiger partial charge in [-0.25, -0.2) is 0 Å². The fourth-order valence-corrected chi connectivity index (χ4v) is 5.14. The highest BCUT2D eigenvalue weighted by Gasteiger charge is 2.29. The summed E-state index contributed by atoms with van der Waals surface area (Å²) in [5, 5.41) is 0. The second-order valence-electron chi connectivity index (χ2n) is 5.69. The van der Waals surface area contributed by atoms with Gasteiger partial charge < -0.3 is 9.80 Å². The second-order valence-corrected chi connectivity index (χ2v) is 8.56. The summed E-state index contributed by atoms with van der Waals surface area (Å²) >= 11 is 9.37. The van der Waals surface area contributed by atoms with Gasteiger partial charge >= 0.3 is 0 Å². The number of carbonyl (C=O) groups is 1. The largest absolute Gasteiger partial charge is 0.333 e. The Kier molecular flexibility index (Phi) is 5.49. The molecule has 3 rings (SSSR count). The Morgan fingerprint density at radius 1 is 1.24 bits per heavy atom. The predicted octanol–water partition coefficient (Wildman–Crippen LogP) is 3.45. The number of hydrogen-bond donors (Lipinski definition) is 0. The maximum absolute atomic E-state index is 12.8. The minimum Gasteiger partial charge on any atom is -0.333 e. The molecule has 2 aliphatic rings. The number of halogens is 1. The lowest BCUT2D eigenvalue weighted by atomic mass is 10.2. The van der Waals surface area contributed by atoms with E-state index >= 15 is 0 Å². The molecule has 0 aliphatic carbocycles.